The van der Waals surface area contributed by atoms with Crippen LogP contribution in [-0.4, -0.2) is 37.1 Å². The van der Waals surface area contributed by atoms with Crippen LogP contribution in [0.2, 0.25) is 0 Å². The van der Waals surface area contributed by atoms with Crippen molar-refractivity contribution in [1.29, 1.82) is 0 Å². The molecule has 1 aromatic rings. The number of nitrogens with one attached hydrogen (secondary N) is 1. The lowest BCUT2D eigenvalue weighted by Crippen LogP contribution is -2.38. The van der Waals surface area contributed by atoms with E-state index in [4.69, 9.17) is 4.74 Å². The molecule has 4 rings (SSSR count). The number of hydrogen-bond acceptors (Lipinski definition) is 4. The number of carbonyl (C=O) groups excluding carboxylic acids is 2. The Morgan fingerprint density at radius 3 is 2.40 bits per heavy atom. The fourth-order valence-corrected chi connectivity index (χ4v) is 6.03. The molecule has 1 saturated heterocycles. The van der Waals surface area contributed by atoms with E-state index >= 15 is 0 Å². The van der Waals surface area contributed by atoms with Crippen molar-refractivity contribution in [3.63, 3.8) is 0 Å². The van der Waals surface area contributed by atoms with Gasteiger partial charge in [-0.25, -0.2) is 4.79 Å². The van der Waals surface area contributed by atoms with Crippen molar-refractivity contribution < 1.29 is 14.3 Å². The van der Waals surface area contributed by atoms with Crippen molar-refractivity contribution in [1.82, 2.24) is 5.32 Å². The van der Waals surface area contributed by atoms with E-state index in [1.165, 1.54) is 49.8 Å². The lowest BCUT2D eigenvalue weighted by molar-refractivity contribution is -0.122. The van der Waals surface area contributed by atoms with Crippen LogP contribution in [0.4, 0.5) is 5.69 Å². The van der Waals surface area contributed by atoms with Crippen LogP contribution < -0.4 is 10.2 Å². The average molecular weight is 483 g/mol. The van der Waals surface area contributed by atoms with E-state index in [0.29, 0.717) is 35.2 Å². The quantitative estimate of drug-likeness (QED) is 0.453. The van der Waals surface area contributed by atoms with Crippen LogP contribution in [-0.2, 0) is 9.53 Å². The molecule has 1 amide bonds. The van der Waals surface area contributed by atoms with E-state index in [2.05, 4.69) is 36.2 Å². The minimum Gasteiger partial charge on any atom is -0.456 e. The Balaban J connectivity index is 1.28. The van der Waals surface area contributed by atoms with Crippen LogP contribution >= 0.6 is 0 Å². The molecule has 1 N–H and O–H groups in total. The lowest BCUT2D eigenvalue weighted by Gasteiger charge is -2.36. The second kappa shape index (κ2) is 10.5. The third-order valence-electron chi connectivity index (χ3n) is 8.00. The highest BCUT2D eigenvalue weighted by atomic mass is 16.6. The number of carbonyl (C=O) groups is 2. The molecule has 1 unspecified atom stereocenters. The average Bonchev–Trinajstić information content (AvgIpc) is 3.62. The first-order valence-corrected chi connectivity index (χ1v) is 13.9. The lowest BCUT2D eigenvalue weighted by atomic mass is 9.72. The third-order valence-corrected chi connectivity index (χ3v) is 8.00. The maximum Gasteiger partial charge on any atom is 0.338 e. The summed E-state index contributed by atoms with van der Waals surface area (Å²) in [7, 11) is 0. The van der Waals surface area contributed by atoms with E-state index < -0.39 is 5.60 Å². The first-order chi connectivity index (χ1) is 16.5. The highest BCUT2D eigenvalue weighted by Gasteiger charge is 2.32. The van der Waals surface area contributed by atoms with Gasteiger partial charge in [-0.15, -0.1) is 0 Å². The maximum absolute atomic E-state index is 12.7. The Bertz CT molecular complexity index is 905. The molecular weight excluding hydrogens is 436 g/mol. The molecule has 1 atom stereocenters. The zero-order valence-corrected chi connectivity index (χ0v) is 22.6. The summed E-state index contributed by atoms with van der Waals surface area (Å²) in [4.78, 5) is 27.7. The number of hydrogen-bond donors (Lipinski definition) is 1. The predicted octanol–water partition coefficient (Wildman–Crippen LogP) is 6.46. The molecular formula is C30H46N2O3. The second-order valence-corrected chi connectivity index (χ2v) is 13.1. The summed E-state index contributed by atoms with van der Waals surface area (Å²) in [6.07, 6.45) is 10.2. The SMILES string of the molecule is CC1(C)CCCC(CNC(=O)CC2CCN(c3ccc(C(=O)OC(C)(C)C)cc3C3CC3)CC2)C1. The van der Waals surface area contributed by atoms with Gasteiger partial charge < -0.3 is 15.0 Å². The van der Waals surface area contributed by atoms with E-state index in [9.17, 15) is 9.59 Å². The largest absolute Gasteiger partial charge is 0.456 e. The summed E-state index contributed by atoms with van der Waals surface area (Å²) in [5.74, 6) is 1.63. The first kappa shape index (κ1) is 26.0. The van der Waals surface area contributed by atoms with Crippen LogP contribution in [0.1, 0.15) is 114 Å². The summed E-state index contributed by atoms with van der Waals surface area (Å²) in [5, 5.41) is 3.25. The van der Waals surface area contributed by atoms with Gasteiger partial charge in [0, 0.05) is 31.7 Å². The summed E-state index contributed by atoms with van der Waals surface area (Å²) < 4.78 is 5.59. The van der Waals surface area contributed by atoms with Crippen LogP contribution in [0.5, 0.6) is 0 Å². The molecule has 0 spiro atoms. The summed E-state index contributed by atoms with van der Waals surface area (Å²) >= 11 is 0. The zero-order chi connectivity index (χ0) is 25.2. The Kier molecular flexibility index (Phi) is 7.83. The number of nitrogens with zero attached hydrogens (tertiary/aromatic N) is 1. The Labute approximate surface area is 212 Å². The Morgan fingerprint density at radius 2 is 1.77 bits per heavy atom. The van der Waals surface area contributed by atoms with Gasteiger partial charge in [-0.2, -0.15) is 0 Å². The van der Waals surface area contributed by atoms with Gasteiger partial charge in [0.2, 0.25) is 5.91 Å². The van der Waals surface area contributed by atoms with Crippen molar-refractivity contribution in [2.75, 3.05) is 24.5 Å². The minimum atomic E-state index is -0.489. The fourth-order valence-electron chi connectivity index (χ4n) is 6.03. The van der Waals surface area contributed by atoms with Crippen molar-refractivity contribution in [3.05, 3.63) is 29.3 Å². The minimum absolute atomic E-state index is 0.229. The number of benzene rings is 1. The van der Waals surface area contributed by atoms with E-state index in [0.717, 1.165) is 32.5 Å². The molecule has 3 fully saturated rings. The predicted molar refractivity (Wildman–Crippen MR) is 142 cm³/mol. The smallest absolute Gasteiger partial charge is 0.338 e. The Hall–Kier alpha value is -2.04. The highest BCUT2D eigenvalue weighted by Crippen LogP contribution is 2.45. The summed E-state index contributed by atoms with van der Waals surface area (Å²) in [6.45, 7) is 13.2. The van der Waals surface area contributed by atoms with Gasteiger partial charge in [-0.05, 0) is 113 Å². The molecule has 5 heteroatoms. The van der Waals surface area contributed by atoms with Crippen LogP contribution in [0.25, 0.3) is 0 Å². The molecule has 2 aliphatic carbocycles. The molecule has 1 heterocycles. The van der Waals surface area contributed by atoms with Gasteiger partial charge >= 0.3 is 5.97 Å². The molecule has 194 valence electrons. The number of rotatable bonds is 7. The van der Waals surface area contributed by atoms with Crippen LogP contribution in [0.15, 0.2) is 18.2 Å². The van der Waals surface area contributed by atoms with Gasteiger partial charge in [0.15, 0.2) is 0 Å². The second-order valence-electron chi connectivity index (χ2n) is 13.1. The van der Waals surface area contributed by atoms with Gasteiger partial charge in [0.1, 0.15) is 5.60 Å². The van der Waals surface area contributed by atoms with Crippen LogP contribution in [0.3, 0.4) is 0 Å². The molecule has 3 aliphatic rings. The molecule has 0 bridgehead atoms. The van der Waals surface area contributed by atoms with Crippen molar-refractivity contribution in [2.24, 2.45) is 17.3 Å². The monoisotopic (exact) mass is 482 g/mol. The summed E-state index contributed by atoms with van der Waals surface area (Å²) in [5.41, 5.74) is 3.14. The molecule has 1 aromatic carbocycles. The normalized spacial score (nSPS) is 23.1. The Morgan fingerprint density at radius 1 is 1.06 bits per heavy atom. The molecule has 35 heavy (non-hydrogen) atoms. The van der Waals surface area contributed by atoms with Crippen molar-refractivity contribution in [2.45, 2.75) is 104 Å². The number of anilines is 1. The standard InChI is InChI=1S/C30H46N2O3/c1-29(2,3)35-28(34)24-10-11-26(25(18-24)23-8-9-23)32-15-12-21(13-16-32)17-27(33)31-20-22-7-6-14-30(4,5)19-22/h10-11,18,21-23H,6-9,12-17,19-20H2,1-5H3,(H,31,33). The van der Waals surface area contributed by atoms with Gasteiger partial charge in [0.25, 0.3) is 0 Å². The zero-order valence-electron chi connectivity index (χ0n) is 22.6. The number of ether oxygens (including phenoxy) is 1. The van der Waals surface area contributed by atoms with E-state index in [-0.39, 0.29) is 11.9 Å². The topological polar surface area (TPSA) is 58.6 Å². The van der Waals surface area contributed by atoms with Gasteiger partial charge in [-0.3, -0.25) is 4.79 Å². The third kappa shape index (κ3) is 7.47. The molecule has 5 nitrogen and oxygen atoms in total. The molecule has 1 aliphatic heterocycles. The molecule has 2 saturated carbocycles. The fraction of sp³-hybridized carbons (Fsp3) is 0.733. The van der Waals surface area contributed by atoms with Gasteiger partial charge in [0.05, 0.1) is 5.56 Å². The van der Waals surface area contributed by atoms with Crippen molar-refractivity contribution in [3.8, 4) is 0 Å². The van der Waals surface area contributed by atoms with E-state index in [1.807, 2.05) is 26.8 Å². The van der Waals surface area contributed by atoms with Gasteiger partial charge in [-0.1, -0.05) is 20.3 Å². The molecule has 0 aromatic heterocycles. The maximum atomic E-state index is 12.7. The number of esters is 1. The first-order valence-electron chi connectivity index (χ1n) is 13.9. The van der Waals surface area contributed by atoms with E-state index in [1.54, 1.807) is 0 Å². The van der Waals surface area contributed by atoms with Crippen LogP contribution in [0, 0.1) is 17.3 Å². The van der Waals surface area contributed by atoms with Crippen molar-refractivity contribution >= 4 is 17.6 Å². The molecule has 0 radical (unpaired) electrons. The summed E-state index contributed by atoms with van der Waals surface area (Å²) in [6, 6.07) is 6.10. The number of piperidine rings is 1. The number of amides is 1. The highest BCUT2D eigenvalue weighted by molar-refractivity contribution is 5.90.